The fourth-order valence-electron chi connectivity index (χ4n) is 2.57. The minimum absolute atomic E-state index is 0.0528. The van der Waals surface area contributed by atoms with E-state index in [0.717, 1.165) is 4.90 Å². The van der Waals surface area contributed by atoms with Crippen LogP contribution < -0.4 is 5.73 Å². The largest absolute Gasteiger partial charge is 0.478 e. The first-order valence-corrected chi connectivity index (χ1v) is 6.65. The number of hydrogen-bond acceptors (Lipinski definition) is 4. The molecule has 3 N–H and O–H groups in total. The Morgan fingerprint density at radius 2 is 1.86 bits per heavy atom. The minimum Gasteiger partial charge on any atom is -0.478 e. The number of aromatic carboxylic acids is 1. The molecule has 0 atom stereocenters. The topological polar surface area (TPSA) is 101 Å². The van der Waals surface area contributed by atoms with Gasteiger partial charge in [-0.1, -0.05) is 26.0 Å². The van der Waals surface area contributed by atoms with Gasteiger partial charge < -0.3 is 10.8 Å². The maximum Gasteiger partial charge on any atom is 0.338 e. The Labute approximate surface area is 122 Å². The molecule has 6 heteroatoms. The van der Waals surface area contributed by atoms with Crippen molar-refractivity contribution >= 4 is 23.5 Å². The Morgan fingerprint density at radius 1 is 1.29 bits per heavy atom. The van der Waals surface area contributed by atoms with Crippen LogP contribution in [0.25, 0.3) is 0 Å². The van der Waals surface area contributed by atoms with Crippen molar-refractivity contribution in [1.82, 2.24) is 4.90 Å². The predicted octanol–water partition coefficient (Wildman–Crippen LogP) is 1.64. The summed E-state index contributed by atoms with van der Waals surface area (Å²) < 4.78 is 0. The van der Waals surface area contributed by atoms with E-state index in [4.69, 9.17) is 5.73 Å². The third kappa shape index (κ3) is 3.04. The zero-order valence-electron chi connectivity index (χ0n) is 12.0. The molecule has 112 valence electrons. The van der Waals surface area contributed by atoms with Gasteiger partial charge in [0.25, 0.3) is 0 Å². The van der Waals surface area contributed by atoms with Crippen LogP contribution in [0, 0.1) is 5.41 Å². The number of imide groups is 1. The quantitative estimate of drug-likeness (QED) is 0.651. The van der Waals surface area contributed by atoms with Gasteiger partial charge in [0, 0.05) is 18.5 Å². The van der Waals surface area contributed by atoms with Crippen LogP contribution in [0.3, 0.4) is 0 Å². The molecular weight excluding hydrogens is 272 g/mol. The van der Waals surface area contributed by atoms with Crippen LogP contribution in [0.2, 0.25) is 0 Å². The molecule has 1 aliphatic rings. The summed E-state index contributed by atoms with van der Waals surface area (Å²) in [6, 6.07) is 4.66. The van der Waals surface area contributed by atoms with E-state index in [1.165, 1.54) is 6.07 Å². The molecule has 0 bridgehead atoms. The summed E-state index contributed by atoms with van der Waals surface area (Å²) in [6.07, 6.45) is 0.535. The summed E-state index contributed by atoms with van der Waals surface area (Å²) in [5.74, 6) is -1.73. The third-order valence-corrected chi connectivity index (χ3v) is 3.59. The highest BCUT2D eigenvalue weighted by Crippen LogP contribution is 2.32. The molecule has 0 spiro atoms. The highest BCUT2D eigenvalue weighted by atomic mass is 16.4. The number of hydrogen-bond donors (Lipinski definition) is 2. The third-order valence-electron chi connectivity index (χ3n) is 3.59. The van der Waals surface area contributed by atoms with Crippen molar-refractivity contribution in [1.29, 1.82) is 0 Å². The van der Waals surface area contributed by atoms with Gasteiger partial charge in [0.2, 0.25) is 11.8 Å². The summed E-state index contributed by atoms with van der Waals surface area (Å²) >= 11 is 0. The van der Waals surface area contributed by atoms with Gasteiger partial charge in [-0.2, -0.15) is 0 Å². The van der Waals surface area contributed by atoms with Gasteiger partial charge in [-0.15, -0.1) is 0 Å². The number of carboxylic acid groups (broad SMARTS) is 1. The monoisotopic (exact) mass is 290 g/mol. The molecule has 0 unspecified atom stereocenters. The Morgan fingerprint density at radius 3 is 2.38 bits per heavy atom. The first kappa shape index (κ1) is 15.0. The van der Waals surface area contributed by atoms with E-state index in [9.17, 15) is 19.5 Å². The van der Waals surface area contributed by atoms with Gasteiger partial charge >= 0.3 is 5.97 Å². The fraction of sp³-hybridized carbons (Fsp3) is 0.400. The number of benzene rings is 1. The molecular formula is C15H18N2O4. The first-order chi connectivity index (χ1) is 9.71. The molecule has 0 saturated carbocycles. The molecule has 0 aliphatic carbocycles. The van der Waals surface area contributed by atoms with Crippen LogP contribution >= 0.6 is 0 Å². The summed E-state index contributed by atoms with van der Waals surface area (Å²) in [5.41, 5.74) is 5.75. The van der Waals surface area contributed by atoms with Crippen molar-refractivity contribution in [2.45, 2.75) is 33.2 Å². The van der Waals surface area contributed by atoms with Crippen LogP contribution in [0.4, 0.5) is 5.69 Å². The number of nitrogen functional groups attached to an aromatic ring is 1. The van der Waals surface area contributed by atoms with Gasteiger partial charge in [-0.3, -0.25) is 14.5 Å². The maximum absolute atomic E-state index is 12.1. The lowest BCUT2D eigenvalue weighted by Crippen LogP contribution is -2.45. The fourth-order valence-corrected chi connectivity index (χ4v) is 2.57. The van der Waals surface area contributed by atoms with E-state index in [1.54, 1.807) is 12.1 Å². The number of anilines is 1. The second kappa shape index (κ2) is 5.20. The normalized spacial score (nSPS) is 17.9. The molecule has 1 saturated heterocycles. The number of amides is 2. The Hall–Kier alpha value is -2.37. The van der Waals surface area contributed by atoms with E-state index >= 15 is 0 Å². The Balaban J connectivity index is 2.31. The maximum atomic E-state index is 12.1. The smallest absolute Gasteiger partial charge is 0.338 e. The minimum atomic E-state index is -1.17. The van der Waals surface area contributed by atoms with E-state index < -0.39 is 5.97 Å². The van der Waals surface area contributed by atoms with Crippen molar-refractivity contribution in [3.63, 3.8) is 0 Å². The van der Waals surface area contributed by atoms with Crippen molar-refractivity contribution in [2.75, 3.05) is 5.73 Å². The van der Waals surface area contributed by atoms with Crippen LogP contribution in [-0.4, -0.2) is 27.8 Å². The van der Waals surface area contributed by atoms with Crippen molar-refractivity contribution < 1.29 is 19.5 Å². The zero-order chi connectivity index (χ0) is 15.8. The van der Waals surface area contributed by atoms with E-state index in [2.05, 4.69) is 0 Å². The number of likely N-dealkylation sites (tertiary alicyclic amines) is 1. The molecule has 6 nitrogen and oxygen atoms in total. The van der Waals surface area contributed by atoms with Gasteiger partial charge in [0.05, 0.1) is 12.1 Å². The standard InChI is InChI=1S/C15H18N2O4/c1-15(2)6-11(18)17(12(19)7-15)8-9-4-3-5-10(16)13(9)14(20)21/h3-5H,6-8,16H2,1-2H3,(H,20,21). The lowest BCUT2D eigenvalue weighted by Gasteiger charge is -2.34. The molecule has 1 aromatic rings. The summed E-state index contributed by atoms with van der Waals surface area (Å²) in [5, 5.41) is 9.22. The number of rotatable bonds is 3. The van der Waals surface area contributed by atoms with Crippen LogP contribution in [0.15, 0.2) is 18.2 Å². The Kier molecular flexibility index (Phi) is 3.72. The van der Waals surface area contributed by atoms with Crippen LogP contribution in [0.5, 0.6) is 0 Å². The van der Waals surface area contributed by atoms with Crippen LogP contribution in [-0.2, 0) is 16.1 Å². The lowest BCUT2D eigenvalue weighted by molar-refractivity contribution is -0.153. The van der Waals surface area contributed by atoms with E-state index in [-0.39, 0.29) is 47.9 Å². The molecule has 0 radical (unpaired) electrons. The van der Waals surface area contributed by atoms with Gasteiger partial charge in [0.15, 0.2) is 0 Å². The number of carbonyl (C=O) groups excluding carboxylic acids is 2. The van der Waals surface area contributed by atoms with Crippen molar-refractivity contribution in [2.24, 2.45) is 5.41 Å². The molecule has 1 heterocycles. The second-order valence-corrected chi connectivity index (χ2v) is 6.08. The summed E-state index contributed by atoms with van der Waals surface area (Å²) in [7, 11) is 0. The molecule has 1 aromatic carbocycles. The second-order valence-electron chi connectivity index (χ2n) is 6.08. The number of nitrogens with zero attached hydrogens (tertiary/aromatic N) is 1. The number of carboxylic acids is 1. The number of carbonyl (C=O) groups is 3. The summed E-state index contributed by atoms with van der Waals surface area (Å²) in [6.45, 7) is 3.67. The average molecular weight is 290 g/mol. The summed E-state index contributed by atoms with van der Waals surface area (Å²) in [4.78, 5) is 36.6. The average Bonchev–Trinajstić information content (AvgIpc) is 2.32. The molecule has 1 aliphatic heterocycles. The van der Waals surface area contributed by atoms with E-state index in [1.807, 2.05) is 13.8 Å². The van der Waals surface area contributed by atoms with Gasteiger partial charge in [-0.25, -0.2) is 4.79 Å². The lowest BCUT2D eigenvalue weighted by atomic mass is 9.81. The van der Waals surface area contributed by atoms with Crippen LogP contribution in [0.1, 0.15) is 42.6 Å². The van der Waals surface area contributed by atoms with Crippen molar-refractivity contribution in [3.8, 4) is 0 Å². The highest BCUT2D eigenvalue weighted by Gasteiger charge is 2.37. The number of nitrogens with two attached hydrogens (primary N) is 1. The molecule has 1 fully saturated rings. The number of piperidine rings is 1. The molecule has 2 amide bonds. The molecule has 21 heavy (non-hydrogen) atoms. The van der Waals surface area contributed by atoms with E-state index in [0.29, 0.717) is 5.56 Å². The highest BCUT2D eigenvalue weighted by molar-refractivity contribution is 5.99. The molecule has 2 rings (SSSR count). The predicted molar refractivity (Wildman–Crippen MR) is 76.4 cm³/mol. The van der Waals surface area contributed by atoms with Crippen molar-refractivity contribution in [3.05, 3.63) is 29.3 Å². The zero-order valence-corrected chi connectivity index (χ0v) is 12.0. The first-order valence-electron chi connectivity index (χ1n) is 6.65. The van der Waals surface area contributed by atoms with Gasteiger partial charge in [-0.05, 0) is 17.0 Å². The Bertz CT molecular complexity index is 602. The SMILES string of the molecule is CC1(C)CC(=O)N(Cc2cccc(N)c2C(=O)O)C(=O)C1. The van der Waals surface area contributed by atoms with Gasteiger partial charge in [0.1, 0.15) is 0 Å². The molecule has 0 aromatic heterocycles.